The number of nitrogens with one attached hydrogen (secondary N) is 1. The number of benzene rings is 1. The fraction of sp³-hybridized carbons (Fsp3) is 0.478. The SMILES string of the molecule is CC(C)C(C)NC(=O)CSc1nc(Cl)cc(N2CCN(C(=O)c3ccccc3)C(C)C2)n1. The summed E-state index contributed by atoms with van der Waals surface area (Å²) in [5.74, 6) is 1.29. The third-order valence-corrected chi connectivity index (χ3v) is 6.66. The van der Waals surface area contributed by atoms with Gasteiger partial charge in [-0.15, -0.1) is 0 Å². The minimum absolute atomic E-state index is 0.0181. The van der Waals surface area contributed by atoms with Crippen molar-refractivity contribution in [2.75, 3.05) is 30.3 Å². The second kappa shape index (κ2) is 11.0. The summed E-state index contributed by atoms with van der Waals surface area (Å²) < 4.78 is 0. The Morgan fingerprint density at radius 3 is 2.56 bits per heavy atom. The number of carbonyl (C=O) groups excluding carboxylic acids is 2. The molecule has 2 amide bonds. The number of carbonyl (C=O) groups is 2. The molecule has 0 aliphatic carbocycles. The third-order valence-electron chi connectivity index (χ3n) is 5.61. The monoisotopic (exact) mass is 475 g/mol. The van der Waals surface area contributed by atoms with Crippen LogP contribution in [0.15, 0.2) is 41.6 Å². The first-order chi connectivity index (χ1) is 15.2. The Hall–Kier alpha value is -2.32. The molecule has 2 heterocycles. The highest BCUT2D eigenvalue weighted by atomic mass is 35.5. The van der Waals surface area contributed by atoms with Gasteiger partial charge in [0.1, 0.15) is 11.0 Å². The number of hydrogen-bond acceptors (Lipinski definition) is 6. The number of anilines is 1. The van der Waals surface area contributed by atoms with Crippen LogP contribution in [-0.4, -0.2) is 64.2 Å². The highest BCUT2D eigenvalue weighted by Crippen LogP contribution is 2.24. The van der Waals surface area contributed by atoms with Gasteiger partial charge in [0.15, 0.2) is 5.16 Å². The number of halogens is 1. The van der Waals surface area contributed by atoms with Gasteiger partial charge in [-0.1, -0.05) is 55.4 Å². The molecule has 32 heavy (non-hydrogen) atoms. The number of amides is 2. The molecular weight excluding hydrogens is 446 g/mol. The van der Waals surface area contributed by atoms with Crippen molar-refractivity contribution < 1.29 is 9.59 Å². The van der Waals surface area contributed by atoms with Gasteiger partial charge in [0.25, 0.3) is 5.91 Å². The minimum atomic E-state index is -0.0528. The molecule has 0 spiro atoms. The Labute approximate surface area is 198 Å². The molecule has 1 aromatic heterocycles. The van der Waals surface area contributed by atoms with Crippen LogP contribution in [0, 0.1) is 5.92 Å². The zero-order chi connectivity index (χ0) is 23.3. The minimum Gasteiger partial charge on any atom is -0.353 e. The average Bonchev–Trinajstić information content (AvgIpc) is 2.77. The lowest BCUT2D eigenvalue weighted by Gasteiger charge is -2.40. The normalized spacial score (nSPS) is 17.4. The molecule has 172 valence electrons. The van der Waals surface area contributed by atoms with Crippen LogP contribution in [0.2, 0.25) is 5.15 Å². The zero-order valence-electron chi connectivity index (χ0n) is 18.9. The van der Waals surface area contributed by atoms with Crippen LogP contribution in [0.25, 0.3) is 0 Å². The molecule has 3 rings (SSSR count). The first kappa shape index (κ1) is 24.3. The molecule has 2 atom stereocenters. The Balaban J connectivity index is 1.62. The lowest BCUT2D eigenvalue weighted by atomic mass is 10.1. The fourth-order valence-corrected chi connectivity index (χ4v) is 4.31. The maximum Gasteiger partial charge on any atom is 0.254 e. The Bertz CT molecular complexity index is 943. The summed E-state index contributed by atoms with van der Waals surface area (Å²) in [5.41, 5.74) is 0.696. The van der Waals surface area contributed by atoms with Gasteiger partial charge in [-0.05, 0) is 31.9 Å². The number of nitrogens with zero attached hydrogens (tertiary/aromatic N) is 4. The van der Waals surface area contributed by atoms with Gasteiger partial charge in [-0.25, -0.2) is 9.97 Å². The van der Waals surface area contributed by atoms with E-state index in [2.05, 4.69) is 34.0 Å². The van der Waals surface area contributed by atoms with E-state index < -0.39 is 0 Å². The van der Waals surface area contributed by atoms with Gasteiger partial charge in [-0.2, -0.15) is 0 Å². The second-order valence-electron chi connectivity index (χ2n) is 8.38. The predicted octanol–water partition coefficient (Wildman–Crippen LogP) is 3.73. The highest BCUT2D eigenvalue weighted by molar-refractivity contribution is 7.99. The molecule has 0 saturated carbocycles. The molecule has 1 N–H and O–H groups in total. The summed E-state index contributed by atoms with van der Waals surface area (Å²) in [4.78, 5) is 37.9. The first-order valence-electron chi connectivity index (χ1n) is 10.8. The molecule has 0 bridgehead atoms. The second-order valence-corrected chi connectivity index (χ2v) is 9.71. The van der Waals surface area contributed by atoms with Crippen molar-refractivity contribution in [1.82, 2.24) is 20.2 Å². The van der Waals surface area contributed by atoms with Crippen molar-refractivity contribution in [1.29, 1.82) is 0 Å². The Kier molecular flexibility index (Phi) is 8.37. The van der Waals surface area contributed by atoms with Crippen LogP contribution in [0.1, 0.15) is 38.1 Å². The quantitative estimate of drug-likeness (QED) is 0.373. The standard InChI is InChI=1S/C23H30ClN5O2S/c1-15(2)17(4)25-21(30)14-32-23-26-19(24)12-20(27-23)28-10-11-29(16(3)13-28)22(31)18-8-6-5-7-9-18/h5-9,12,15-17H,10-11,13-14H2,1-4H3,(H,25,30). The van der Waals surface area contributed by atoms with Crippen molar-refractivity contribution in [3.8, 4) is 0 Å². The lowest BCUT2D eigenvalue weighted by molar-refractivity contribution is -0.119. The number of rotatable bonds is 7. The molecule has 9 heteroatoms. The molecule has 1 aliphatic heterocycles. The van der Waals surface area contributed by atoms with Crippen molar-refractivity contribution in [2.24, 2.45) is 5.92 Å². The molecular formula is C23H30ClN5O2S. The van der Waals surface area contributed by atoms with Gasteiger partial charge in [-0.3, -0.25) is 9.59 Å². The van der Waals surface area contributed by atoms with Crippen LogP contribution in [0.4, 0.5) is 5.82 Å². The summed E-state index contributed by atoms with van der Waals surface area (Å²) in [7, 11) is 0. The Morgan fingerprint density at radius 1 is 1.19 bits per heavy atom. The van der Waals surface area contributed by atoms with E-state index in [-0.39, 0.29) is 29.7 Å². The van der Waals surface area contributed by atoms with Gasteiger partial charge in [0.05, 0.1) is 5.75 Å². The smallest absolute Gasteiger partial charge is 0.254 e. The van der Waals surface area contributed by atoms with Crippen LogP contribution in [-0.2, 0) is 4.79 Å². The molecule has 1 aromatic carbocycles. The first-order valence-corrected chi connectivity index (χ1v) is 12.2. The van der Waals surface area contributed by atoms with Crippen molar-refractivity contribution in [2.45, 2.75) is 44.9 Å². The molecule has 2 aromatic rings. The van der Waals surface area contributed by atoms with Gasteiger partial charge >= 0.3 is 0 Å². The van der Waals surface area contributed by atoms with Crippen LogP contribution in [0.5, 0.6) is 0 Å². The summed E-state index contributed by atoms with van der Waals surface area (Å²) in [6.07, 6.45) is 0. The molecule has 1 fully saturated rings. The van der Waals surface area contributed by atoms with Gasteiger partial charge < -0.3 is 15.1 Å². The van der Waals surface area contributed by atoms with E-state index in [1.807, 2.05) is 49.1 Å². The van der Waals surface area contributed by atoms with E-state index in [1.165, 1.54) is 11.8 Å². The van der Waals surface area contributed by atoms with E-state index in [9.17, 15) is 9.59 Å². The van der Waals surface area contributed by atoms with Crippen LogP contribution in [0.3, 0.4) is 0 Å². The molecule has 0 radical (unpaired) electrons. The number of hydrogen-bond donors (Lipinski definition) is 1. The molecule has 1 saturated heterocycles. The highest BCUT2D eigenvalue weighted by Gasteiger charge is 2.29. The fourth-order valence-electron chi connectivity index (χ4n) is 3.42. The van der Waals surface area contributed by atoms with Crippen molar-refractivity contribution in [3.05, 3.63) is 47.1 Å². The third kappa shape index (κ3) is 6.36. The summed E-state index contributed by atoms with van der Waals surface area (Å²) in [6.45, 7) is 10.0. The van der Waals surface area contributed by atoms with E-state index in [0.717, 1.165) is 0 Å². The topological polar surface area (TPSA) is 78.4 Å². The Morgan fingerprint density at radius 2 is 1.91 bits per heavy atom. The zero-order valence-corrected chi connectivity index (χ0v) is 20.5. The lowest BCUT2D eigenvalue weighted by Crippen LogP contribution is -2.54. The summed E-state index contributed by atoms with van der Waals surface area (Å²) >= 11 is 7.52. The molecule has 7 nitrogen and oxygen atoms in total. The largest absolute Gasteiger partial charge is 0.353 e. The number of aromatic nitrogens is 2. The van der Waals surface area contributed by atoms with E-state index in [4.69, 9.17) is 11.6 Å². The summed E-state index contributed by atoms with van der Waals surface area (Å²) in [6, 6.07) is 11.2. The average molecular weight is 476 g/mol. The van der Waals surface area contributed by atoms with Gasteiger partial charge in [0, 0.05) is 43.3 Å². The van der Waals surface area contributed by atoms with Crippen LogP contribution < -0.4 is 10.2 Å². The maximum atomic E-state index is 12.8. The van der Waals surface area contributed by atoms with Crippen LogP contribution >= 0.6 is 23.4 Å². The molecule has 1 aliphatic rings. The van der Waals surface area contributed by atoms with Crippen molar-refractivity contribution in [3.63, 3.8) is 0 Å². The molecule has 2 unspecified atom stereocenters. The van der Waals surface area contributed by atoms with E-state index in [0.29, 0.717) is 47.2 Å². The maximum absolute atomic E-state index is 12.8. The van der Waals surface area contributed by atoms with Crippen molar-refractivity contribution >= 4 is 41.0 Å². The number of thioether (sulfide) groups is 1. The number of piperazine rings is 1. The summed E-state index contributed by atoms with van der Waals surface area (Å²) in [5, 5.41) is 3.79. The predicted molar refractivity (Wildman–Crippen MR) is 129 cm³/mol. The van der Waals surface area contributed by atoms with Gasteiger partial charge in [0.2, 0.25) is 5.91 Å². The van der Waals surface area contributed by atoms with E-state index >= 15 is 0 Å². The van der Waals surface area contributed by atoms with E-state index in [1.54, 1.807) is 6.07 Å².